The molecular weight excluding hydrogens is 522 g/mol. The van der Waals surface area contributed by atoms with Gasteiger partial charge in [-0.15, -0.1) is 0 Å². The summed E-state index contributed by atoms with van der Waals surface area (Å²) < 4.78 is 43.7. The maximum absolute atomic E-state index is 12.9. The predicted octanol–water partition coefficient (Wildman–Crippen LogP) is 9.88. The van der Waals surface area contributed by atoms with Crippen LogP contribution in [0.2, 0.25) is 0 Å². The van der Waals surface area contributed by atoms with Crippen molar-refractivity contribution in [3.05, 3.63) is 101 Å². The molecule has 0 N–H and O–H groups in total. The molecule has 216 valence electrons. The Labute approximate surface area is 242 Å². The second-order valence-corrected chi connectivity index (χ2v) is 12.3. The summed E-state index contributed by atoms with van der Waals surface area (Å²) in [5, 5.41) is 0. The molecule has 3 rings (SSSR count). The first-order chi connectivity index (χ1) is 19.3. The lowest BCUT2D eigenvalue weighted by Gasteiger charge is -2.17. The number of ether oxygens (including phenoxy) is 1. The van der Waals surface area contributed by atoms with Gasteiger partial charge in [-0.2, -0.15) is 0 Å². The zero-order valence-corrected chi connectivity index (χ0v) is 25.1. The Bertz CT molecular complexity index is 1200. The van der Waals surface area contributed by atoms with Crippen molar-refractivity contribution in [3.63, 3.8) is 0 Å². The molecule has 0 spiro atoms. The van der Waals surface area contributed by atoms with Gasteiger partial charge in [0.15, 0.2) is 0 Å². The summed E-state index contributed by atoms with van der Waals surface area (Å²) >= 11 is 0. The lowest BCUT2D eigenvalue weighted by molar-refractivity contribution is 0.0125. The summed E-state index contributed by atoms with van der Waals surface area (Å²) in [4.78, 5) is 0. The lowest BCUT2D eigenvalue weighted by Crippen LogP contribution is -2.12. The number of halogens is 2. The second-order valence-electron chi connectivity index (χ2n) is 10.6. The van der Waals surface area contributed by atoms with Crippen LogP contribution >= 0.6 is 0 Å². The number of benzene rings is 3. The Morgan fingerprint density at radius 3 is 1.95 bits per heavy atom. The highest BCUT2D eigenvalue weighted by Gasteiger charge is 2.20. The Hall–Kier alpha value is -2.79. The van der Waals surface area contributed by atoms with Gasteiger partial charge in [0.05, 0.1) is 6.61 Å². The van der Waals surface area contributed by atoms with Crippen molar-refractivity contribution in [2.24, 2.45) is 0 Å². The van der Waals surface area contributed by atoms with E-state index < -0.39 is 16.7 Å². The third kappa shape index (κ3) is 11.0. The standard InChI is InChI=1S/C35H44F2O2S/c1-4-33(29-14-9-8-10-15-29)34(30-18-16-28(2)17-19-30)31-20-22-32(23-21-31)39-25-11-6-5-7-12-26-40(38)27-13-24-35(3,36)37/h8-10,14-23H,4-7,11-13,24-27H2,1-3H3/b34-33-. The Morgan fingerprint density at radius 2 is 1.32 bits per heavy atom. The minimum absolute atomic E-state index is 0.181. The summed E-state index contributed by atoms with van der Waals surface area (Å²) in [6, 6.07) is 27.8. The van der Waals surface area contributed by atoms with Crippen LogP contribution in [0.5, 0.6) is 5.75 Å². The average molecular weight is 567 g/mol. The molecule has 0 heterocycles. The molecule has 0 aromatic heterocycles. The quantitative estimate of drug-likeness (QED) is 0.120. The van der Waals surface area contributed by atoms with Gasteiger partial charge in [-0.25, -0.2) is 8.78 Å². The summed E-state index contributed by atoms with van der Waals surface area (Å²) in [5.74, 6) is -0.791. The third-order valence-corrected chi connectivity index (χ3v) is 8.52. The largest absolute Gasteiger partial charge is 0.494 e. The highest BCUT2D eigenvalue weighted by atomic mass is 32.2. The zero-order chi connectivity index (χ0) is 28.8. The van der Waals surface area contributed by atoms with Gasteiger partial charge in [0.2, 0.25) is 5.92 Å². The molecule has 3 aromatic rings. The second kappa shape index (κ2) is 16.5. The van der Waals surface area contributed by atoms with Crippen LogP contribution in [0, 0.1) is 6.92 Å². The molecule has 3 aromatic carbocycles. The predicted molar refractivity (Wildman–Crippen MR) is 167 cm³/mol. The van der Waals surface area contributed by atoms with E-state index in [0.29, 0.717) is 24.5 Å². The maximum Gasteiger partial charge on any atom is 0.245 e. The molecule has 0 aliphatic carbocycles. The van der Waals surface area contributed by atoms with Crippen molar-refractivity contribution in [3.8, 4) is 5.75 Å². The van der Waals surface area contributed by atoms with Crippen molar-refractivity contribution in [1.29, 1.82) is 0 Å². The van der Waals surface area contributed by atoms with E-state index in [9.17, 15) is 13.0 Å². The lowest BCUT2D eigenvalue weighted by atomic mass is 9.88. The summed E-state index contributed by atoms with van der Waals surface area (Å²) in [5.41, 5.74) is 7.46. The van der Waals surface area contributed by atoms with Gasteiger partial charge in [0.25, 0.3) is 0 Å². The normalized spacial score (nSPS) is 13.1. The van der Waals surface area contributed by atoms with Crippen molar-refractivity contribution in [2.75, 3.05) is 18.1 Å². The molecule has 5 heteroatoms. The van der Waals surface area contributed by atoms with Crippen molar-refractivity contribution < 1.29 is 17.7 Å². The van der Waals surface area contributed by atoms with Gasteiger partial charge >= 0.3 is 0 Å². The van der Waals surface area contributed by atoms with Crippen LogP contribution in [0.15, 0.2) is 78.9 Å². The topological polar surface area (TPSA) is 26.3 Å². The minimum Gasteiger partial charge on any atom is -0.494 e. The fraction of sp³-hybridized carbons (Fsp3) is 0.429. The van der Waals surface area contributed by atoms with Crippen LogP contribution in [0.25, 0.3) is 11.1 Å². The van der Waals surface area contributed by atoms with Crippen LogP contribution in [-0.4, -0.2) is 28.2 Å². The van der Waals surface area contributed by atoms with E-state index in [1.807, 2.05) is 0 Å². The SMILES string of the molecule is CC/C(=C(\c1ccc(C)cc1)c1ccc(OCCCCCCCS(=O)CCCC(C)(F)F)cc1)c1ccccc1. The van der Waals surface area contributed by atoms with E-state index >= 15 is 0 Å². The zero-order valence-electron chi connectivity index (χ0n) is 24.3. The van der Waals surface area contributed by atoms with Gasteiger partial charge in [-0.3, -0.25) is 4.21 Å². The van der Waals surface area contributed by atoms with E-state index in [2.05, 4.69) is 92.7 Å². The highest BCUT2D eigenvalue weighted by Crippen LogP contribution is 2.35. The van der Waals surface area contributed by atoms with E-state index in [1.54, 1.807) is 0 Å². The monoisotopic (exact) mass is 566 g/mol. The number of hydrogen-bond acceptors (Lipinski definition) is 2. The molecule has 1 unspecified atom stereocenters. The number of allylic oxidation sites excluding steroid dienone is 1. The molecule has 0 radical (unpaired) electrons. The molecule has 0 fully saturated rings. The van der Waals surface area contributed by atoms with E-state index in [1.165, 1.54) is 33.4 Å². The van der Waals surface area contributed by atoms with Gasteiger partial charge in [0.1, 0.15) is 5.75 Å². The summed E-state index contributed by atoms with van der Waals surface area (Å²) in [6.07, 6.45) is 6.07. The maximum atomic E-state index is 12.9. The smallest absolute Gasteiger partial charge is 0.245 e. The van der Waals surface area contributed by atoms with Crippen LogP contribution in [0.3, 0.4) is 0 Å². The first-order valence-corrected chi connectivity index (χ1v) is 16.1. The van der Waals surface area contributed by atoms with Gasteiger partial charge < -0.3 is 4.74 Å². The van der Waals surface area contributed by atoms with Crippen LogP contribution in [-0.2, 0) is 10.8 Å². The molecule has 1 atom stereocenters. The van der Waals surface area contributed by atoms with Gasteiger partial charge in [-0.1, -0.05) is 98.5 Å². The number of rotatable bonds is 17. The van der Waals surface area contributed by atoms with Crippen molar-refractivity contribution in [2.45, 2.75) is 78.1 Å². The first-order valence-electron chi connectivity index (χ1n) is 14.6. The van der Waals surface area contributed by atoms with E-state index in [4.69, 9.17) is 4.74 Å². The number of hydrogen-bond donors (Lipinski definition) is 0. The fourth-order valence-corrected chi connectivity index (χ4v) is 6.05. The van der Waals surface area contributed by atoms with E-state index in [-0.39, 0.29) is 6.42 Å². The van der Waals surface area contributed by atoms with Crippen LogP contribution in [0.4, 0.5) is 8.78 Å². The van der Waals surface area contributed by atoms with Gasteiger partial charge in [-0.05, 0) is 79.5 Å². The molecule has 0 aliphatic rings. The molecule has 0 bridgehead atoms. The molecule has 0 aliphatic heterocycles. The van der Waals surface area contributed by atoms with E-state index in [0.717, 1.165) is 51.2 Å². The van der Waals surface area contributed by atoms with Crippen molar-refractivity contribution in [1.82, 2.24) is 0 Å². The molecule has 0 saturated heterocycles. The first kappa shape index (κ1) is 31.7. The van der Waals surface area contributed by atoms with Crippen LogP contribution < -0.4 is 4.74 Å². The van der Waals surface area contributed by atoms with Crippen LogP contribution in [0.1, 0.15) is 87.5 Å². The minimum atomic E-state index is -2.66. The third-order valence-electron chi connectivity index (χ3n) is 7.03. The Balaban J connectivity index is 1.48. The average Bonchev–Trinajstić information content (AvgIpc) is 2.94. The van der Waals surface area contributed by atoms with Crippen molar-refractivity contribution >= 4 is 21.9 Å². The summed E-state index contributed by atoms with van der Waals surface area (Å²) in [6.45, 7) is 5.91. The Morgan fingerprint density at radius 1 is 0.750 bits per heavy atom. The number of unbranched alkanes of at least 4 members (excludes halogenated alkanes) is 4. The fourth-order valence-electron chi connectivity index (χ4n) is 4.85. The Kier molecular flexibility index (Phi) is 13.1. The molecule has 0 saturated carbocycles. The summed E-state index contributed by atoms with van der Waals surface area (Å²) in [7, 11) is -0.984. The highest BCUT2D eigenvalue weighted by molar-refractivity contribution is 7.84. The number of alkyl halides is 2. The molecule has 2 nitrogen and oxygen atoms in total. The molecular formula is C35H44F2O2S. The molecule has 40 heavy (non-hydrogen) atoms. The van der Waals surface area contributed by atoms with Gasteiger partial charge in [0, 0.05) is 28.7 Å². The molecule has 0 amide bonds. The number of aryl methyl sites for hydroxylation is 1.